The minimum absolute atomic E-state index is 0.00900. The molecule has 0 aromatic carbocycles. The summed E-state index contributed by atoms with van der Waals surface area (Å²) in [7, 11) is 0. The number of nitrogens with zero attached hydrogens (tertiary/aromatic N) is 2. The molecular weight excluding hydrogens is 285 g/mol. The Kier molecular flexibility index (Phi) is 4.04. The van der Waals surface area contributed by atoms with E-state index < -0.39 is 11.7 Å². The Labute approximate surface area is 120 Å². The van der Waals surface area contributed by atoms with E-state index in [1.807, 2.05) is 0 Å². The SMILES string of the molecule is Cc1noc(C)c1C(C)NC(=O)c1cc(F)cnc1Cl. The zero-order valence-electron chi connectivity index (χ0n) is 11.2. The van der Waals surface area contributed by atoms with Crippen LogP contribution in [0.5, 0.6) is 0 Å². The number of rotatable bonds is 3. The molecule has 106 valence electrons. The van der Waals surface area contributed by atoms with Crippen LogP contribution >= 0.6 is 11.6 Å². The van der Waals surface area contributed by atoms with E-state index in [-0.39, 0.29) is 16.8 Å². The van der Waals surface area contributed by atoms with Gasteiger partial charge in [-0.1, -0.05) is 16.8 Å². The quantitative estimate of drug-likeness (QED) is 0.884. The van der Waals surface area contributed by atoms with E-state index in [1.54, 1.807) is 20.8 Å². The van der Waals surface area contributed by atoms with Crippen molar-refractivity contribution in [3.63, 3.8) is 0 Å². The molecule has 1 atom stereocenters. The van der Waals surface area contributed by atoms with E-state index in [9.17, 15) is 9.18 Å². The maximum Gasteiger partial charge on any atom is 0.254 e. The number of halogens is 2. The van der Waals surface area contributed by atoms with E-state index in [1.165, 1.54) is 0 Å². The molecule has 0 aliphatic heterocycles. The van der Waals surface area contributed by atoms with Crippen LogP contribution in [-0.4, -0.2) is 16.0 Å². The minimum atomic E-state index is -0.621. The topological polar surface area (TPSA) is 68.0 Å². The Morgan fingerprint density at radius 2 is 2.20 bits per heavy atom. The number of amides is 1. The van der Waals surface area contributed by atoms with Crippen molar-refractivity contribution in [2.45, 2.75) is 26.8 Å². The van der Waals surface area contributed by atoms with Crippen molar-refractivity contribution in [3.05, 3.63) is 45.8 Å². The second-order valence-electron chi connectivity index (χ2n) is 4.42. The van der Waals surface area contributed by atoms with E-state index in [0.717, 1.165) is 17.8 Å². The fraction of sp³-hybridized carbons (Fsp3) is 0.308. The average Bonchev–Trinajstić information content (AvgIpc) is 2.71. The summed E-state index contributed by atoms with van der Waals surface area (Å²) in [5, 5.41) is 6.50. The van der Waals surface area contributed by atoms with Crippen LogP contribution in [0.2, 0.25) is 5.15 Å². The molecule has 0 fully saturated rings. The standard InChI is InChI=1S/C13H13ClFN3O2/c1-6(11-7(2)18-20-8(11)3)17-13(19)10-4-9(15)5-16-12(10)14/h4-6H,1-3H3,(H,17,19). The first-order valence-corrected chi connectivity index (χ1v) is 6.32. The smallest absolute Gasteiger partial charge is 0.254 e. The number of carbonyl (C=O) groups is 1. The third kappa shape index (κ3) is 2.80. The van der Waals surface area contributed by atoms with Crippen LogP contribution in [0.25, 0.3) is 0 Å². The van der Waals surface area contributed by atoms with Gasteiger partial charge in [-0.15, -0.1) is 0 Å². The fourth-order valence-electron chi connectivity index (χ4n) is 2.04. The maximum absolute atomic E-state index is 13.1. The Morgan fingerprint density at radius 3 is 2.80 bits per heavy atom. The normalized spacial score (nSPS) is 12.2. The van der Waals surface area contributed by atoms with Crippen LogP contribution in [-0.2, 0) is 0 Å². The van der Waals surface area contributed by atoms with Gasteiger partial charge in [0.2, 0.25) is 0 Å². The molecule has 2 aromatic rings. The predicted octanol–water partition coefficient (Wildman–Crippen LogP) is 2.97. The van der Waals surface area contributed by atoms with Crippen molar-refractivity contribution in [2.75, 3.05) is 0 Å². The third-order valence-corrected chi connectivity index (χ3v) is 3.22. The summed E-state index contributed by atoms with van der Waals surface area (Å²) in [4.78, 5) is 15.7. The third-order valence-electron chi connectivity index (χ3n) is 2.92. The number of nitrogens with one attached hydrogen (secondary N) is 1. The minimum Gasteiger partial charge on any atom is -0.361 e. The molecule has 7 heteroatoms. The van der Waals surface area contributed by atoms with Gasteiger partial charge in [0.25, 0.3) is 5.91 Å². The first-order chi connectivity index (χ1) is 9.40. The van der Waals surface area contributed by atoms with Gasteiger partial charge in [0.05, 0.1) is 23.5 Å². The van der Waals surface area contributed by atoms with Crippen molar-refractivity contribution >= 4 is 17.5 Å². The highest BCUT2D eigenvalue weighted by atomic mass is 35.5. The first kappa shape index (κ1) is 14.5. The van der Waals surface area contributed by atoms with E-state index >= 15 is 0 Å². The zero-order valence-corrected chi connectivity index (χ0v) is 12.0. The lowest BCUT2D eigenvalue weighted by atomic mass is 10.1. The molecule has 1 unspecified atom stereocenters. The molecule has 2 rings (SSSR count). The predicted molar refractivity (Wildman–Crippen MR) is 71.1 cm³/mol. The van der Waals surface area contributed by atoms with Gasteiger partial charge in [0, 0.05) is 5.56 Å². The summed E-state index contributed by atoms with van der Waals surface area (Å²) < 4.78 is 18.2. The lowest BCUT2D eigenvalue weighted by Crippen LogP contribution is -2.27. The van der Waals surface area contributed by atoms with Gasteiger partial charge in [0.1, 0.15) is 16.7 Å². The average molecular weight is 298 g/mol. The summed E-state index contributed by atoms with van der Waals surface area (Å²) >= 11 is 5.79. The van der Waals surface area contributed by atoms with Crippen molar-refractivity contribution in [2.24, 2.45) is 0 Å². The molecule has 20 heavy (non-hydrogen) atoms. The van der Waals surface area contributed by atoms with Gasteiger partial charge in [-0.25, -0.2) is 9.37 Å². The van der Waals surface area contributed by atoms with Crippen LogP contribution < -0.4 is 5.32 Å². The van der Waals surface area contributed by atoms with Crippen molar-refractivity contribution in [1.82, 2.24) is 15.5 Å². The molecule has 0 bridgehead atoms. The number of carbonyl (C=O) groups excluding carboxylic acids is 1. The first-order valence-electron chi connectivity index (χ1n) is 5.94. The van der Waals surface area contributed by atoms with Crippen molar-refractivity contribution < 1.29 is 13.7 Å². The molecule has 0 saturated carbocycles. The van der Waals surface area contributed by atoms with Crippen LogP contribution in [0.1, 0.15) is 40.3 Å². The van der Waals surface area contributed by atoms with Crippen molar-refractivity contribution in [1.29, 1.82) is 0 Å². The molecule has 0 radical (unpaired) electrons. The summed E-state index contributed by atoms with van der Waals surface area (Å²) in [6, 6.07) is 0.707. The second-order valence-corrected chi connectivity index (χ2v) is 4.78. The van der Waals surface area contributed by atoms with Crippen LogP contribution in [0, 0.1) is 19.7 Å². The van der Waals surface area contributed by atoms with E-state index in [0.29, 0.717) is 11.5 Å². The molecule has 2 aromatic heterocycles. The summed E-state index contributed by atoms with van der Waals surface area (Å²) in [6.45, 7) is 5.32. The Bertz CT molecular complexity index is 638. The Balaban J connectivity index is 2.22. The molecule has 0 saturated heterocycles. The van der Waals surface area contributed by atoms with Crippen LogP contribution in [0.3, 0.4) is 0 Å². The number of pyridine rings is 1. The Morgan fingerprint density at radius 1 is 1.50 bits per heavy atom. The number of hydrogen-bond acceptors (Lipinski definition) is 4. The largest absolute Gasteiger partial charge is 0.361 e. The van der Waals surface area contributed by atoms with Crippen molar-refractivity contribution in [3.8, 4) is 0 Å². The van der Waals surface area contributed by atoms with E-state index in [4.69, 9.17) is 16.1 Å². The van der Waals surface area contributed by atoms with Crippen LogP contribution in [0.15, 0.2) is 16.8 Å². The lowest BCUT2D eigenvalue weighted by molar-refractivity contribution is 0.0939. The highest BCUT2D eigenvalue weighted by Crippen LogP contribution is 2.22. The van der Waals surface area contributed by atoms with Gasteiger partial charge in [0.15, 0.2) is 0 Å². The molecule has 5 nitrogen and oxygen atoms in total. The van der Waals surface area contributed by atoms with Crippen LogP contribution in [0.4, 0.5) is 4.39 Å². The number of aryl methyl sites for hydroxylation is 2. The maximum atomic E-state index is 13.1. The highest BCUT2D eigenvalue weighted by Gasteiger charge is 2.20. The van der Waals surface area contributed by atoms with Gasteiger partial charge in [-0.2, -0.15) is 0 Å². The molecule has 0 spiro atoms. The zero-order chi connectivity index (χ0) is 14.9. The van der Waals surface area contributed by atoms with Gasteiger partial charge in [-0.05, 0) is 26.8 Å². The Hall–Kier alpha value is -1.95. The number of aromatic nitrogens is 2. The number of hydrogen-bond donors (Lipinski definition) is 1. The monoisotopic (exact) mass is 297 g/mol. The second kappa shape index (κ2) is 5.58. The molecule has 0 aliphatic carbocycles. The molecular formula is C13H13ClFN3O2. The fourth-order valence-corrected chi connectivity index (χ4v) is 2.23. The lowest BCUT2D eigenvalue weighted by Gasteiger charge is -2.14. The molecule has 1 N–H and O–H groups in total. The summed E-state index contributed by atoms with van der Waals surface area (Å²) in [5.74, 6) is -0.502. The van der Waals surface area contributed by atoms with Gasteiger partial charge in [-0.3, -0.25) is 4.79 Å². The molecule has 0 aliphatic rings. The van der Waals surface area contributed by atoms with Gasteiger partial charge < -0.3 is 9.84 Å². The highest BCUT2D eigenvalue weighted by molar-refractivity contribution is 6.32. The molecule has 1 amide bonds. The molecule has 2 heterocycles. The van der Waals surface area contributed by atoms with Gasteiger partial charge >= 0.3 is 0 Å². The summed E-state index contributed by atoms with van der Waals surface area (Å²) in [6.07, 6.45) is 0.955. The summed E-state index contributed by atoms with van der Waals surface area (Å²) in [5.41, 5.74) is 1.47. The van der Waals surface area contributed by atoms with E-state index in [2.05, 4.69) is 15.5 Å².